The molecule has 2 heterocycles. The summed E-state index contributed by atoms with van der Waals surface area (Å²) in [6, 6.07) is 10.5. The fourth-order valence-corrected chi connectivity index (χ4v) is 5.35. The number of Topliss-reactive ketones (excluding diaryl/α,β-unsaturated/α-hetero) is 1. The lowest BCUT2D eigenvalue weighted by molar-refractivity contribution is -0.132. The zero-order chi connectivity index (χ0) is 28.3. The molecule has 1 aliphatic rings. The third-order valence-corrected chi connectivity index (χ3v) is 7.29. The van der Waals surface area contributed by atoms with Crippen LogP contribution < -0.4 is 9.64 Å². The summed E-state index contributed by atoms with van der Waals surface area (Å²) < 4.78 is 10.7. The molecule has 1 atom stereocenters. The van der Waals surface area contributed by atoms with Gasteiger partial charge in [-0.15, -0.1) is 0 Å². The molecule has 0 aliphatic carbocycles. The monoisotopic (exact) mass is 564 g/mol. The van der Waals surface area contributed by atoms with E-state index >= 15 is 0 Å². The van der Waals surface area contributed by atoms with Gasteiger partial charge in [0, 0.05) is 10.6 Å². The molecule has 3 aromatic rings. The highest BCUT2D eigenvalue weighted by Gasteiger charge is 2.48. The number of anilines is 1. The minimum Gasteiger partial charge on any atom is -0.507 e. The van der Waals surface area contributed by atoms with E-state index in [2.05, 4.69) is 18.1 Å². The minimum atomic E-state index is -1.05. The maximum atomic E-state index is 13.4. The van der Waals surface area contributed by atoms with Gasteiger partial charge < -0.3 is 14.6 Å². The number of ether oxygens (including phenoxy) is 2. The summed E-state index contributed by atoms with van der Waals surface area (Å²) in [6.07, 6.45) is 3.05. The van der Waals surface area contributed by atoms with Gasteiger partial charge in [0.15, 0.2) is 5.13 Å². The van der Waals surface area contributed by atoms with Crippen molar-refractivity contribution >= 4 is 51.5 Å². The summed E-state index contributed by atoms with van der Waals surface area (Å²) in [5.74, 6) is -2.19. The highest BCUT2D eigenvalue weighted by molar-refractivity contribution is 7.17. The average molecular weight is 565 g/mol. The smallest absolute Gasteiger partial charge is 0.350 e. The maximum Gasteiger partial charge on any atom is 0.350 e. The van der Waals surface area contributed by atoms with Crippen LogP contribution in [0.25, 0.3) is 5.76 Å². The van der Waals surface area contributed by atoms with E-state index in [1.54, 1.807) is 62.4 Å². The molecule has 1 fully saturated rings. The lowest BCUT2D eigenvalue weighted by Crippen LogP contribution is -2.29. The summed E-state index contributed by atoms with van der Waals surface area (Å²) in [5.41, 5.74) is 1.72. The highest BCUT2D eigenvalue weighted by Crippen LogP contribution is 2.44. The molecule has 8 nitrogen and oxygen atoms in total. The second-order valence-corrected chi connectivity index (χ2v) is 10.0. The molecule has 0 bridgehead atoms. The standard InChI is InChI=1S/C29H25ClN2O6S/c1-5-12-37-21-11-10-19(14-16(21)3)24(33)22-23(18-8-7-9-20(30)15-18)32(27(35)25(22)34)29-31-17(4)26(39-29)28(36)38-13-6-2/h5-11,14-15,23,33H,1-2,12-13H2,3-4H3/t23-/m1/s1. The number of aryl methyl sites for hydroxylation is 2. The second-order valence-electron chi connectivity index (χ2n) is 8.60. The van der Waals surface area contributed by atoms with Crippen molar-refractivity contribution in [1.29, 1.82) is 0 Å². The Morgan fingerprint density at radius 3 is 2.56 bits per heavy atom. The molecule has 10 heteroatoms. The number of amides is 1. The Bertz CT molecular complexity index is 1530. The van der Waals surface area contributed by atoms with Crippen LogP contribution in [0, 0.1) is 13.8 Å². The minimum absolute atomic E-state index is 0.00930. The molecule has 200 valence electrons. The molecular weight excluding hydrogens is 540 g/mol. The van der Waals surface area contributed by atoms with E-state index in [9.17, 15) is 19.5 Å². The van der Waals surface area contributed by atoms with Crippen LogP contribution in [0.4, 0.5) is 5.13 Å². The van der Waals surface area contributed by atoms with Gasteiger partial charge >= 0.3 is 11.9 Å². The van der Waals surface area contributed by atoms with Gasteiger partial charge in [-0.1, -0.05) is 60.4 Å². The zero-order valence-corrected chi connectivity index (χ0v) is 22.8. The molecule has 1 aromatic heterocycles. The van der Waals surface area contributed by atoms with E-state index < -0.39 is 23.7 Å². The molecule has 0 spiro atoms. The van der Waals surface area contributed by atoms with Gasteiger partial charge in [0.1, 0.15) is 29.6 Å². The van der Waals surface area contributed by atoms with Crippen molar-refractivity contribution in [2.75, 3.05) is 18.1 Å². The third kappa shape index (κ3) is 5.50. The molecule has 1 saturated heterocycles. The molecule has 1 aliphatic heterocycles. The summed E-state index contributed by atoms with van der Waals surface area (Å²) >= 11 is 7.18. The van der Waals surface area contributed by atoms with Crippen LogP contribution in [0.15, 0.2) is 73.3 Å². The molecule has 0 radical (unpaired) electrons. The largest absolute Gasteiger partial charge is 0.507 e. The second kappa shape index (κ2) is 11.7. The average Bonchev–Trinajstić information content (AvgIpc) is 3.42. The van der Waals surface area contributed by atoms with Crippen molar-refractivity contribution in [1.82, 2.24) is 4.98 Å². The SMILES string of the molecule is C=CCOC(=O)c1sc(N2C(=O)C(=O)C(=C(O)c3ccc(OCC=C)c(C)c3)[C@H]2c2cccc(Cl)c2)nc1C. The maximum absolute atomic E-state index is 13.4. The van der Waals surface area contributed by atoms with E-state index in [0.29, 0.717) is 39.8 Å². The number of aromatic nitrogens is 1. The lowest BCUT2D eigenvalue weighted by atomic mass is 9.95. The Morgan fingerprint density at radius 2 is 1.90 bits per heavy atom. The van der Waals surface area contributed by atoms with Crippen molar-refractivity contribution in [2.24, 2.45) is 0 Å². The van der Waals surface area contributed by atoms with E-state index in [-0.39, 0.29) is 27.9 Å². The van der Waals surface area contributed by atoms with Crippen molar-refractivity contribution in [3.63, 3.8) is 0 Å². The van der Waals surface area contributed by atoms with Gasteiger partial charge in [0.25, 0.3) is 5.78 Å². The summed E-state index contributed by atoms with van der Waals surface area (Å²) in [7, 11) is 0. The number of esters is 1. The normalized spacial score (nSPS) is 16.3. The van der Waals surface area contributed by atoms with Crippen LogP contribution in [-0.4, -0.2) is 41.0 Å². The first-order chi connectivity index (χ1) is 18.7. The molecular formula is C29H25ClN2O6S. The predicted octanol–water partition coefficient (Wildman–Crippen LogP) is 5.95. The Labute approximate surface area is 234 Å². The summed E-state index contributed by atoms with van der Waals surface area (Å²) in [5, 5.41) is 11.9. The Hall–Kier alpha value is -4.21. The molecule has 1 N–H and O–H groups in total. The third-order valence-electron chi connectivity index (χ3n) is 5.92. The molecule has 0 saturated carbocycles. The van der Waals surface area contributed by atoms with Crippen LogP contribution >= 0.6 is 22.9 Å². The van der Waals surface area contributed by atoms with Gasteiger partial charge in [0.05, 0.1) is 17.3 Å². The molecule has 1 amide bonds. The fraction of sp³-hybridized carbons (Fsp3) is 0.172. The Balaban J connectivity index is 1.86. The Kier molecular flexibility index (Phi) is 8.32. The van der Waals surface area contributed by atoms with Gasteiger partial charge in [-0.05, 0) is 55.3 Å². The van der Waals surface area contributed by atoms with Crippen molar-refractivity contribution in [3.05, 3.63) is 106 Å². The first kappa shape index (κ1) is 27.8. The fourth-order valence-electron chi connectivity index (χ4n) is 4.16. The number of thiazole rings is 1. The van der Waals surface area contributed by atoms with Gasteiger partial charge in [-0.2, -0.15) is 0 Å². The Morgan fingerprint density at radius 1 is 1.15 bits per heavy atom. The number of carbonyl (C=O) groups is 3. The van der Waals surface area contributed by atoms with Crippen molar-refractivity contribution < 1.29 is 29.0 Å². The molecule has 0 unspecified atom stereocenters. The van der Waals surface area contributed by atoms with Gasteiger partial charge in [0.2, 0.25) is 0 Å². The highest BCUT2D eigenvalue weighted by atomic mass is 35.5. The molecule has 2 aromatic carbocycles. The van der Waals surface area contributed by atoms with Crippen molar-refractivity contribution in [3.8, 4) is 5.75 Å². The van der Waals surface area contributed by atoms with Gasteiger partial charge in [-0.25, -0.2) is 9.78 Å². The number of carbonyl (C=O) groups excluding carboxylic acids is 3. The zero-order valence-electron chi connectivity index (χ0n) is 21.3. The summed E-state index contributed by atoms with van der Waals surface area (Å²) in [6.45, 7) is 10.9. The van der Waals surface area contributed by atoms with E-state index in [1.165, 1.54) is 11.0 Å². The number of ketones is 1. The molecule has 4 rings (SSSR count). The number of hydrogen-bond acceptors (Lipinski definition) is 8. The topological polar surface area (TPSA) is 106 Å². The number of hydrogen-bond donors (Lipinski definition) is 1. The van der Waals surface area contributed by atoms with Crippen LogP contribution in [0.1, 0.15) is 38.1 Å². The number of nitrogens with zero attached hydrogens (tertiary/aromatic N) is 2. The van der Waals surface area contributed by atoms with E-state index in [0.717, 1.165) is 11.3 Å². The quantitative estimate of drug-likeness (QED) is 0.113. The molecule has 39 heavy (non-hydrogen) atoms. The van der Waals surface area contributed by atoms with Crippen molar-refractivity contribution in [2.45, 2.75) is 19.9 Å². The number of benzene rings is 2. The van der Waals surface area contributed by atoms with Crippen LogP contribution in [0.5, 0.6) is 5.75 Å². The first-order valence-electron chi connectivity index (χ1n) is 11.8. The summed E-state index contributed by atoms with van der Waals surface area (Å²) in [4.78, 5) is 45.2. The predicted molar refractivity (Wildman–Crippen MR) is 150 cm³/mol. The number of aliphatic hydroxyl groups is 1. The van der Waals surface area contributed by atoms with E-state index in [4.69, 9.17) is 21.1 Å². The van der Waals surface area contributed by atoms with Crippen LogP contribution in [0.2, 0.25) is 5.02 Å². The van der Waals surface area contributed by atoms with Gasteiger partial charge in [-0.3, -0.25) is 14.5 Å². The number of rotatable bonds is 9. The first-order valence-corrected chi connectivity index (χ1v) is 13.0. The lowest BCUT2D eigenvalue weighted by Gasteiger charge is -2.23. The van der Waals surface area contributed by atoms with Crippen LogP contribution in [0.3, 0.4) is 0 Å². The number of halogens is 1. The van der Waals surface area contributed by atoms with Crippen LogP contribution in [-0.2, 0) is 14.3 Å². The van der Waals surface area contributed by atoms with E-state index in [1.807, 2.05) is 0 Å². The number of aliphatic hydroxyl groups excluding tert-OH is 1.